The molecule has 1 aliphatic carbocycles. The third-order valence-corrected chi connectivity index (χ3v) is 7.78. The zero-order chi connectivity index (χ0) is 21.9. The Labute approximate surface area is 194 Å². The fraction of sp³-hybridized carbons (Fsp3) is 0.652. The smallest absolute Gasteiger partial charge is 0.245 e. The first kappa shape index (κ1) is 22.7. The molecular weight excluding hydrogens is 437 g/mol. The van der Waals surface area contributed by atoms with Gasteiger partial charge >= 0.3 is 0 Å². The summed E-state index contributed by atoms with van der Waals surface area (Å²) in [6.07, 6.45) is 5.60. The van der Waals surface area contributed by atoms with Crippen molar-refractivity contribution in [2.75, 3.05) is 44.0 Å². The largest absolute Gasteiger partial charge is 0.381 e. The zero-order valence-corrected chi connectivity index (χ0v) is 19.3. The number of benzene rings is 1. The maximum atomic E-state index is 13.2. The minimum atomic E-state index is -0.652. The van der Waals surface area contributed by atoms with Gasteiger partial charge in [-0.2, -0.15) is 0 Å². The van der Waals surface area contributed by atoms with Gasteiger partial charge in [0, 0.05) is 56.4 Å². The fourth-order valence-electron chi connectivity index (χ4n) is 5.38. The van der Waals surface area contributed by atoms with Gasteiger partial charge in [0.25, 0.3) is 0 Å². The number of halogens is 2. The molecule has 2 aliphatic heterocycles. The van der Waals surface area contributed by atoms with Crippen molar-refractivity contribution < 1.29 is 14.3 Å². The van der Waals surface area contributed by atoms with Crippen LogP contribution in [0.15, 0.2) is 24.3 Å². The van der Waals surface area contributed by atoms with Crippen LogP contribution in [-0.4, -0.2) is 61.0 Å². The summed E-state index contributed by atoms with van der Waals surface area (Å²) in [6, 6.07) is 7.47. The van der Waals surface area contributed by atoms with Gasteiger partial charge in [-0.3, -0.25) is 9.59 Å². The van der Waals surface area contributed by atoms with Gasteiger partial charge in [-0.25, -0.2) is 0 Å². The Bertz CT molecular complexity index is 780. The van der Waals surface area contributed by atoms with Crippen molar-refractivity contribution in [3.63, 3.8) is 0 Å². The molecule has 3 fully saturated rings. The zero-order valence-electron chi connectivity index (χ0n) is 17.8. The minimum Gasteiger partial charge on any atom is -0.381 e. The molecule has 2 saturated heterocycles. The lowest BCUT2D eigenvalue weighted by atomic mass is 9.57. The Morgan fingerprint density at radius 3 is 2.32 bits per heavy atom. The van der Waals surface area contributed by atoms with Gasteiger partial charge in [-0.1, -0.05) is 11.6 Å². The highest BCUT2D eigenvalue weighted by atomic mass is 35.5. The van der Waals surface area contributed by atoms with Gasteiger partial charge in [-0.05, 0) is 61.3 Å². The van der Waals surface area contributed by atoms with E-state index in [1.54, 1.807) is 0 Å². The standard InChI is InChI=1S/C23H31Cl2N3O3/c24-15-20(29)28-9-5-22(6-10-28)13-17(14-22)16-26-21(30)23(7-11-31-12-8-23)27-19-3-1-18(25)2-4-19/h1-4,17,27H,5-16H2,(H,26,30). The first-order chi connectivity index (χ1) is 14.9. The van der Waals surface area contributed by atoms with Crippen molar-refractivity contribution >= 4 is 40.7 Å². The van der Waals surface area contributed by atoms with Crippen LogP contribution in [0.25, 0.3) is 0 Å². The summed E-state index contributed by atoms with van der Waals surface area (Å²) in [4.78, 5) is 26.9. The molecule has 31 heavy (non-hydrogen) atoms. The number of hydrogen-bond acceptors (Lipinski definition) is 4. The van der Waals surface area contributed by atoms with E-state index < -0.39 is 5.54 Å². The Morgan fingerprint density at radius 1 is 1.06 bits per heavy atom. The van der Waals surface area contributed by atoms with Crippen molar-refractivity contribution in [3.05, 3.63) is 29.3 Å². The number of rotatable bonds is 6. The molecule has 0 bridgehead atoms. The molecular formula is C23H31Cl2N3O3. The molecule has 1 aromatic carbocycles. The number of anilines is 1. The van der Waals surface area contributed by atoms with Crippen molar-refractivity contribution in [1.29, 1.82) is 0 Å². The third kappa shape index (κ3) is 5.12. The second kappa shape index (κ2) is 9.55. The Balaban J connectivity index is 1.28. The number of hydrogen-bond donors (Lipinski definition) is 2. The maximum Gasteiger partial charge on any atom is 0.245 e. The van der Waals surface area contributed by atoms with E-state index in [2.05, 4.69) is 10.6 Å². The number of likely N-dealkylation sites (tertiary alicyclic amines) is 1. The molecule has 1 aromatic rings. The van der Waals surface area contributed by atoms with E-state index in [1.165, 1.54) is 0 Å². The second-order valence-corrected chi connectivity index (χ2v) is 10.0. The second-order valence-electron chi connectivity index (χ2n) is 9.33. The molecule has 1 saturated carbocycles. The molecule has 0 unspecified atom stereocenters. The van der Waals surface area contributed by atoms with E-state index in [1.807, 2.05) is 29.2 Å². The van der Waals surface area contributed by atoms with Gasteiger partial charge in [0.15, 0.2) is 0 Å². The van der Waals surface area contributed by atoms with Crippen LogP contribution in [0.5, 0.6) is 0 Å². The van der Waals surface area contributed by atoms with Crippen molar-refractivity contribution in [3.8, 4) is 0 Å². The first-order valence-electron chi connectivity index (χ1n) is 11.2. The van der Waals surface area contributed by atoms with Crippen LogP contribution in [0.2, 0.25) is 5.02 Å². The average molecular weight is 468 g/mol. The molecule has 8 heteroatoms. The topological polar surface area (TPSA) is 70.7 Å². The number of carbonyl (C=O) groups excluding carboxylic acids is 2. The number of nitrogens with one attached hydrogen (secondary N) is 2. The molecule has 170 valence electrons. The molecule has 0 atom stereocenters. The molecule has 2 N–H and O–H groups in total. The van der Waals surface area contributed by atoms with Crippen LogP contribution in [-0.2, 0) is 14.3 Å². The lowest BCUT2D eigenvalue weighted by Crippen LogP contribution is -2.57. The fourth-order valence-corrected chi connectivity index (χ4v) is 5.67. The van der Waals surface area contributed by atoms with Gasteiger partial charge in [0.2, 0.25) is 11.8 Å². The lowest BCUT2D eigenvalue weighted by Gasteiger charge is -2.52. The Kier molecular flexibility index (Phi) is 6.99. The first-order valence-corrected chi connectivity index (χ1v) is 12.1. The predicted octanol–water partition coefficient (Wildman–Crippen LogP) is 3.67. The van der Waals surface area contributed by atoms with E-state index in [-0.39, 0.29) is 17.7 Å². The number of nitrogens with zero attached hydrogens (tertiary/aromatic N) is 1. The van der Waals surface area contributed by atoms with Crippen molar-refractivity contribution in [2.24, 2.45) is 11.3 Å². The lowest BCUT2D eigenvalue weighted by molar-refractivity contribution is -0.133. The van der Waals surface area contributed by atoms with E-state index in [9.17, 15) is 9.59 Å². The Morgan fingerprint density at radius 2 is 1.71 bits per heavy atom. The minimum absolute atomic E-state index is 0.0367. The monoisotopic (exact) mass is 467 g/mol. The summed E-state index contributed by atoms with van der Waals surface area (Å²) in [5.74, 6) is 0.661. The quantitative estimate of drug-likeness (QED) is 0.625. The molecule has 0 radical (unpaired) electrons. The maximum absolute atomic E-state index is 13.2. The summed E-state index contributed by atoms with van der Waals surface area (Å²) >= 11 is 11.7. The van der Waals surface area contributed by atoms with Crippen LogP contribution in [0.3, 0.4) is 0 Å². The number of alkyl halides is 1. The molecule has 0 aromatic heterocycles. The highest BCUT2D eigenvalue weighted by Crippen LogP contribution is 2.52. The number of ether oxygens (including phenoxy) is 1. The van der Waals surface area contributed by atoms with Gasteiger partial charge in [0.05, 0.1) is 0 Å². The van der Waals surface area contributed by atoms with Gasteiger partial charge < -0.3 is 20.3 Å². The molecule has 2 amide bonds. The van der Waals surface area contributed by atoms with Crippen LogP contribution in [0.4, 0.5) is 5.69 Å². The van der Waals surface area contributed by atoms with E-state index in [0.717, 1.165) is 44.5 Å². The summed E-state index contributed by atoms with van der Waals surface area (Å²) in [6.45, 7) is 3.45. The van der Waals surface area contributed by atoms with Gasteiger partial charge in [-0.15, -0.1) is 11.6 Å². The highest BCUT2D eigenvalue weighted by molar-refractivity contribution is 6.30. The van der Waals surface area contributed by atoms with Crippen molar-refractivity contribution in [1.82, 2.24) is 10.2 Å². The summed E-state index contributed by atoms with van der Waals surface area (Å²) < 4.78 is 5.52. The molecule has 4 rings (SSSR count). The number of piperidine rings is 1. The molecule has 3 aliphatic rings. The van der Waals surface area contributed by atoms with E-state index in [4.69, 9.17) is 27.9 Å². The van der Waals surface area contributed by atoms with E-state index >= 15 is 0 Å². The summed E-state index contributed by atoms with van der Waals surface area (Å²) in [5.41, 5.74) is 0.583. The van der Waals surface area contributed by atoms with Crippen LogP contribution in [0, 0.1) is 11.3 Å². The summed E-state index contributed by atoms with van der Waals surface area (Å²) in [5, 5.41) is 7.35. The SMILES string of the molecule is O=C(CCl)N1CCC2(CC1)CC(CNC(=O)C1(Nc3ccc(Cl)cc3)CCOCC1)C2. The molecule has 2 heterocycles. The number of carbonyl (C=O) groups is 2. The predicted molar refractivity (Wildman–Crippen MR) is 123 cm³/mol. The van der Waals surface area contributed by atoms with Crippen LogP contribution in [0.1, 0.15) is 38.5 Å². The molecule has 1 spiro atoms. The molecule has 6 nitrogen and oxygen atoms in total. The van der Waals surface area contributed by atoms with E-state index in [0.29, 0.717) is 49.0 Å². The average Bonchev–Trinajstić information content (AvgIpc) is 2.78. The summed E-state index contributed by atoms with van der Waals surface area (Å²) in [7, 11) is 0. The normalized spacial score (nSPS) is 22.6. The highest BCUT2D eigenvalue weighted by Gasteiger charge is 2.47. The Hall–Kier alpha value is -1.50. The number of amides is 2. The van der Waals surface area contributed by atoms with Crippen LogP contribution >= 0.6 is 23.2 Å². The third-order valence-electron chi connectivity index (χ3n) is 7.29. The van der Waals surface area contributed by atoms with Crippen molar-refractivity contribution in [2.45, 2.75) is 44.1 Å². The van der Waals surface area contributed by atoms with Gasteiger partial charge in [0.1, 0.15) is 11.4 Å². The van der Waals surface area contributed by atoms with Crippen LogP contribution < -0.4 is 10.6 Å².